The van der Waals surface area contributed by atoms with Crippen molar-refractivity contribution in [3.63, 3.8) is 0 Å². The van der Waals surface area contributed by atoms with E-state index in [2.05, 4.69) is 19.1 Å². The molecular formula is C29H34O6. The zero-order chi connectivity index (χ0) is 25.3. The van der Waals surface area contributed by atoms with Crippen molar-refractivity contribution in [3.05, 3.63) is 72.8 Å². The fourth-order valence-corrected chi connectivity index (χ4v) is 3.54. The van der Waals surface area contributed by atoms with Crippen LogP contribution < -0.4 is 18.9 Å². The predicted molar refractivity (Wildman–Crippen MR) is 137 cm³/mol. The Morgan fingerprint density at radius 3 is 1.83 bits per heavy atom. The summed E-state index contributed by atoms with van der Waals surface area (Å²) in [6, 6.07) is 23.1. The van der Waals surface area contributed by atoms with E-state index in [9.17, 15) is 9.90 Å². The monoisotopic (exact) mass is 478 g/mol. The molecule has 3 aromatic carbocycles. The molecule has 6 heteroatoms. The van der Waals surface area contributed by atoms with E-state index in [0.717, 1.165) is 41.9 Å². The average Bonchev–Trinajstić information content (AvgIpc) is 2.85. The Bertz CT molecular complexity index is 1060. The Morgan fingerprint density at radius 1 is 0.800 bits per heavy atom. The minimum absolute atomic E-state index is 0.0470. The van der Waals surface area contributed by atoms with Crippen LogP contribution in [0.25, 0.3) is 11.1 Å². The highest BCUT2D eigenvalue weighted by Gasteiger charge is 2.29. The summed E-state index contributed by atoms with van der Waals surface area (Å²) in [6.07, 6.45) is 2.74. The summed E-state index contributed by atoms with van der Waals surface area (Å²) in [5, 5.41) is 9.19. The normalized spacial score (nSPS) is 12.0. The number of benzene rings is 3. The van der Waals surface area contributed by atoms with Gasteiger partial charge in [-0.2, -0.15) is 0 Å². The molecule has 3 rings (SSSR count). The van der Waals surface area contributed by atoms with Gasteiger partial charge in [0.1, 0.15) is 29.1 Å². The molecule has 0 radical (unpaired) electrons. The highest BCUT2D eigenvalue weighted by Crippen LogP contribution is 2.26. The molecule has 6 nitrogen and oxygen atoms in total. The van der Waals surface area contributed by atoms with E-state index in [1.165, 1.54) is 13.8 Å². The van der Waals surface area contributed by atoms with Crippen LogP contribution in [0, 0.1) is 0 Å². The lowest BCUT2D eigenvalue weighted by molar-refractivity contribution is -0.152. The molecule has 0 aliphatic carbocycles. The molecular weight excluding hydrogens is 444 g/mol. The summed E-state index contributed by atoms with van der Waals surface area (Å²) in [5.41, 5.74) is 0.952. The van der Waals surface area contributed by atoms with Crippen LogP contribution >= 0.6 is 0 Å². The van der Waals surface area contributed by atoms with Gasteiger partial charge in [-0.15, -0.1) is 0 Å². The quantitative estimate of drug-likeness (QED) is 0.298. The first-order chi connectivity index (χ1) is 16.8. The number of carbonyl (C=O) groups is 1. The van der Waals surface area contributed by atoms with Gasteiger partial charge in [0, 0.05) is 6.42 Å². The first kappa shape index (κ1) is 25.9. The van der Waals surface area contributed by atoms with Crippen molar-refractivity contribution in [1.29, 1.82) is 0 Å². The van der Waals surface area contributed by atoms with Crippen LogP contribution in [0.15, 0.2) is 72.8 Å². The second-order valence-electron chi connectivity index (χ2n) is 8.81. The molecule has 186 valence electrons. The molecule has 0 bridgehead atoms. The van der Waals surface area contributed by atoms with Gasteiger partial charge in [0.25, 0.3) is 0 Å². The number of carboxylic acid groups (broad SMARTS) is 1. The lowest BCUT2D eigenvalue weighted by Gasteiger charge is -2.21. The molecule has 35 heavy (non-hydrogen) atoms. The Labute approximate surface area is 207 Å². The van der Waals surface area contributed by atoms with E-state index in [4.69, 9.17) is 18.9 Å². The largest absolute Gasteiger partial charge is 0.497 e. The van der Waals surface area contributed by atoms with Gasteiger partial charge >= 0.3 is 5.97 Å². The number of ether oxygens (including phenoxy) is 4. The molecule has 0 aliphatic heterocycles. The van der Waals surface area contributed by atoms with Gasteiger partial charge in [0.05, 0.1) is 13.7 Å². The molecule has 0 fully saturated rings. The smallest absolute Gasteiger partial charge is 0.347 e. The Kier molecular flexibility index (Phi) is 9.01. The lowest BCUT2D eigenvalue weighted by Crippen LogP contribution is -2.37. The third-order valence-electron chi connectivity index (χ3n) is 5.61. The van der Waals surface area contributed by atoms with Crippen LogP contribution in [0.1, 0.15) is 40.0 Å². The maximum atomic E-state index is 11.2. The summed E-state index contributed by atoms with van der Waals surface area (Å²) in [5.74, 6) is 1.84. The van der Waals surface area contributed by atoms with E-state index in [-0.39, 0.29) is 6.10 Å². The third-order valence-corrected chi connectivity index (χ3v) is 5.61. The molecule has 0 amide bonds. The SMILES string of the molecule is CCC[C@H](CCOc1ccc(OC(C)(C)C(=O)O)cc1)Oc1ccc(-c2ccc(OC)cc2)cc1. The highest BCUT2D eigenvalue weighted by atomic mass is 16.5. The number of rotatable bonds is 13. The van der Waals surface area contributed by atoms with Crippen LogP contribution in [0.5, 0.6) is 23.0 Å². The number of aliphatic carboxylic acids is 1. The van der Waals surface area contributed by atoms with Crippen molar-refractivity contribution in [2.45, 2.75) is 51.7 Å². The zero-order valence-electron chi connectivity index (χ0n) is 20.8. The second-order valence-corrected chi connectivity index (χ2v) is 8.81. The van der Waals surface area contributed by atoms with Crippen LogP contribution in [0.3, 0.4) is 0 Å². The van der Waals surface area contributed by atoms with Gasteiger partial charge in [-0.3, -0.25) is 0 Å². The molecule has 0 saturated heterocycles. The minimum Gasteiger partial charge on any atom is -0.497 e. The first-order valence-corrected chi connectivity index (χ1v) is 11.9. The zero-order valence-corrected chi connectivity index (χ0v) is 20.8. The first-order valence-electron chi connectivity index (χ1n) is 11.9. The summed E-state index contributed by atoms with van der Waals surface area (Å²) in [7, 11) is 1.66. The van der Waals surface area contributed by atoms with Gasteiger partial charge in [-0.05, 0) is 79.9 Å². The van der Waals surface area contributed by atoms with Crippen molar-refractivity contribution in [1.82, 2.24) is 0 Å². The van der Waals surface area contributed by atoms with Gasteiger partial charge in [-0.1, -0.05) is 37.6 Å². The molecule has 1 N–H and O–H groups in total. The van der Waals surface area contributed by atoms with E-state index in [0.29, 0.717) is 18.1 Å². The summed E-state index contributed by atoms with van der Waals surface area (Å²) >= 11 is 0. The molecule has 1 atom stereocenters. The standard InChI is InChI=1S/C29H34O6/c1-5-6-25(19-20-33-24-15-17-27(18-16-24)35-29(2,3)28(30)31)34-26-13-9-22(10-14-26)21-7-11-23(32-4)12-8-21/h7-18,25H,5-6,19-20H2,1-4H3,(H,30,31)/t25-/m1/s1. The van der Waals surface area contributed by atoms with Gasteiger partial charge in [0.15, 0.2) is 5.60 Å². The van der Waals surface area contributed by atoms with Crippen LogP contribution in [0.2, 0.25) is 0 Å². The topological polar surface area (TPSA) is 74.2 Å². The Balaban J connectivity index is 1.51. The van der Waals surface area contributed by atoms with Crippen LogP contribution in [-0.2, 0) is 4.79 Å². The molecule has 0 aromatic heterocycles. The molecule has 0 heterocycles. The van der Waals surface area contributed by atoms with Crippen molar-refractivity contribution < 1.29 is 28.8 Å². The number of hydrogen-bond acceptors (Lipinski definition) is 5. The molecule has 3 aromatic rings. The van der Waals surface area contributed by atoms with E-state index >= 15 is 0 Å². The fourth-order valence-electron chi connectivity index (χ4n) is 3.54. The van der Waals surface area contributed by atoms with Crippen molar-refractivity contribution in [3.8, 4) is 34.1 Å². The van der Waals surface area contributed by atoms with Crippen LogP contribution in [0.4, 0.5) is 0 Å². The lowest BCUT2D eigenvalue weighted by atomic mass is 10.1. The van der Waals surface area contributed by atoms with Crippen molar-refractivity contribution in [2.75, 3.05) is 13.7 Å². The van der Waals surface area contributed by atoms with Crippen molar-refractivity contribution in [2.24, 2.45) is 0 Å². The van der Waals surface area contributed by atoms with E-state index in [1.807, 2.05) is 36.4 Å². The van der Waals surface area contributed by atoms with Crippen molar-refractivity contribution >= 4 is 5.97 Å². The predicted octanol–water partition coefficient (Wildman–Crippen LogP) is 6.62. The maximum absolute atomic E-state index is 11.2. The number of carboxylic acids is 1. The maximum Gasteiger partial charge on any atom is 0.347 e. The van der Waals surface area contributed by atoms with Crippen LogP contribution in [-0.4, -0.2) is 36.5 Å². The molecule has 0 unspecified atom stereocenters. The van der Waals surface area contributed by atoms with E-state index < -0.39 is 11.6 Å². The summed E-state index contributed by atoms with van der Waals surface area (Å²) in [6.45, 7) is 5.68. The highest BCUT2D eigenvalue weighted by molar-refractivity contribution is 5.76. The third kappa shape index (κ3) is 7.67. The van der Waals surface area contributed by atoms with Gasteiger partial charge in [-0.25, -0.2) is 4.79 Å². The second kappa shape index (κ2) is 12.2. The number of methoxy groups -OCH3 is 1. The summed E-state index contributed by atoms with van der Waals surface area (Å²) in [4.78, 5) is 11.2. The van der Waals surface area contributed by atoms with E-state index in [1.54, 1.807) is 31.4 Å². The number of hydrogen-bond donors (Lipinski definition) is 1. The molecule has 0 saturated carbocycles. The van der Waals surface area contributed by atoms with Gasteiger partial charge < -0.3 is 24.1 Å². The molecule has 0 aliphatic rings. The average molecular weight is 479 g/mol. The Hall–Kier alpha value is -3.67. The summed E-state index contributed by atoms with van der Waals surface area (Å²) < 4.78 is 22.9. The fraction of sp³-hybridized carbons (Fsp3) is 0.345. The minimum atomic E-state index is -1.29. The Morgan fingerprint density at radius 2 is 1.31 bits per heavy atom. The molecule has 0 spiro atoms. The van der Waals surface area contributed by atoms with Gasteiger partial charge in [0.2, 0.25) is 0 Å².